The zero-order valence-corrected chi connectivity index (χ0v) is 14.6. The molecule has 0 saturated carbocycles. The molecule has 0 aliphatic rings. The number of rotatable bonds is 1. The van der Waals surface area contributed by atoms with E-state index in [0.29, 0.717) is 11.1 Å². The molecular formula is C14H6FI2NO3. The van der Waals surface area contributed by atoms with Crippen LogP contribution in [-0.4, -0.2) is 10.5 Å². The number of hydrogen-bond donors (Lipinski definition) is 0. The molecule has 0 radical (unpaired) electrons. The number of halogens is 3. The minimum atomic E-state index is -0.751. The zero-order valence-electron chi connectivity index (χ0n) is 10.3. The van der Waals surface area contributed by atoms with Crippen LogP contribution in [0.5, 0.6) is 0 Å². The molecule has 7 heteroatoms. The van der Waals surface area contributed by atoms with Crippen LogP contribution in [0.2, 0.25) is 0 Å². The summed E-state index contributed by atoms with van der Waals surface area (Å²) in [4.78, 5) is 24.4. The highest BCUT2D eigenvalue weighted by atomic mass is 127. The molecule has 1 heterocycles. The molecule has 21 heavy (non-hydrogen) atoms. The van der Waals surface area contributed by atoms with E-state index in [-0.39, 0.29) is 5.56 Å². The fourth-order valence-electron chi connectivity index (χ4n) is 1.96. The Morgan fingerprint density at radius 1 is 1.14 bits per heavy atom. The summed E-state index contributed by atoms with van der Waals surface area (Å²) < 4.78 is 20.7. The van der Waals surface area contributed by atoms with Gasteiger partial charge in [0.25, 0.3) is 5.91 Å². The molecule has 0 unspecified atom stereocenters. The van der Waals surface area contributed by atoms with Crippen molar-refractivity contribution in [2.75, 3.05) is 0 Å². The highest BCUT2D eigenvalue weighted by Crippen LogP contribution is 2.23. The van der Waals surface area contributed by atoms with E-state index in [4.69, 9.17) is 4.42 Å². The molecule has 0 N–H and O–H groups in total. The first-order chi connectivity index (χ1) is 9.97. The number of aromatic nitrogens is 1. The summed E-state index contributed by atoms with van der Waals surface area (Å²) in [5.74, 6) is -1.74. The Labute approximate surface area is 145 Å². The van der Waals surface area contributed by atoms with E-state index in [1.165, 1.54) is 24.3 Å². The standard InChI is InChI=1S/C14H6FI2NO3/c15-8-3-1-7(2-4-8)13(19)18-11-6-9(16)5-10(17)12(11)21-14(18)20/h1-6H. The van der Waals surface area contributed by atoms with E-state index in [9.17, 15) is 14.0 Å². The van der Waals surface area contributed by atoms with Gasteiger partial charge < -0.3 is 4.42 Å². The molecule has 0 saturated heterocycles. The normalized spacial score (nSPS) is 11.0. The zero-order chi connectivity index (χ0) is 15.1. The lowest BCUT2D eigenvalue weighted by atomic mass is 10.2. The summed E-state index contributed by atoms with van der Waals surface area (Å²) in [6.45, 7) is 0. The van der Waals surface area contributed by atoms with Crippen LogP contribution in [0.1, 0.15) is 10.4 Å². The lowest BCUT2D eigenvalue weighted by Gasteiger charge is -2.02. The van der Waals surface area contributed by atoms with Gasteiger partial charge in [-0.3, -0.25) is 4.79 Å². The summed E-state index contributed by atoms with van der Waals surface area (Å²) in [6.07, 6.45) is 0. The molecule has 0 amide bonds. The predicted molar refractivity (Wildman–Crippen MR) is 92.0 cm³/mol. The maximum Gasteiger partial charge on any atom is 0.427 e. The predicted octanol–water partition coefficient (Wildman–Crippen LogP) is 3.63. The third-order valence-electron chi connectivity index (χ3n) is 2.90. The Kier molecular flexibility index (Phi) is 3.86. The molecule has 0 atom stereocenters. The van der Waals surface area contributed by atoms with Crippen molar-refractivity contribution in [1.82, 2.24) is 4.57 Å². The lowest BCUT2D eigenvalue weighted by Crippen LogP contribution is -2.23. The van der Waals surface area contributed by atoms with Gasteiger partial charge >= 0.3 is 5.76 Å². The van der Waals surface area contributed by atoms with Crippen LogP contribution in [0.3, 0.4) is 0 Å². The molecule has 0 spiro atoms. The monoisotopic (exact) mass is 509 g/mol. The van der Waals surface area contributed by atoms with Crippen molar-refractivity contribution in [2.24, 2.45) is 0 Å². The van der Waals surface area contributed by atoms with E-state index in [2.05, 4.69) is 22.6 Å². The van der Waals surface area contributed by atoms with Gasteiger partial charge in [0, 0.05) is 9.13 Å². The van der Waals surface area contributed by atoms with E-state index >= 15 is 0 Å². The Hall–Kier alpha value is -1.23. The molecule has 0 aliphatic carbocycles. The molecule has 2 aromatic carbocycles. The van der Waals surface area contributed by atoms with E-state index in [1.54, 1.807) is 6.07 Å². The second-order valence-electron chi connectivity index (χ2n) is 4.25. The molecular weight excluding hydrogens is 503 g/mol. The van der Waals surface area contributed by atoms with Crippen molar-refractivity contribution in [3.05, 3.63) is 65.5 Å². The van der Waals surface area contributed by atoms with Gasteiger partial charge in [-0.05, 0) is 81.6 Å². The maximum absolute atomic E-state index is 12.9. The molecule has 3 aromatic rings. The third kappa shape index (κ3) is 2.63. The minimum absolute atomic E-state index is 0.218. The number of benzene rings is 2. The van der Waals surface area contributed by atoms with Crippen LogP contribution in [0.25, 0.3) is 11.1 Å². The summed E-state index contributed by atoms with van der Waals surface area (Å²) in [5, 5.41) is 0. The summed E-state index contributed by atoms with van der Waals surface area (Å²) in [6, 6.07) is 8.56. The Bertz CT molecular complexity index is 912. The SMILES string of the molecule is O=C(c1ccc(F)cc1)n1c(=O)oc2c(I)cc(I)cc21. The molecule has 1 aromatic heterocycles. The molecule has 0 fully saturated rings. The average molecular weight is 509 g/mol. The summed E-state index contributed by atoms with van der Waals surface area (Å²) >= 11 is 4.14. The van der Waals surface area contributed by atoms with Gasteiger partial charge in [-0.2, -0.15) is 0 Å². The average Bonchev–Trinajstić information content (AvgIpc) is 2.75. The van der Waals surface area contributed by atoms with Crippen molar-refractivity contribution < 1.29 is 13.6 Å². The Balaban J connectivity index is 2.25. The van der Waals surface area contributed by atoms with Gasteiger partial charge in [0.05, 0.1) is 3.57 Å². The lowest BCUT2D eigenvalue weighted by molar-refractivity contribution is 0.0956. The largest absolute Gasteiger partial charge is 0.427 e. The maximum atomic E-state index is 12.9. The molecule has 106 valence electrons. The Morgan fingerprint density at radius 2 is 1.81 bits per heavy atom. The number of hydrogen-bond acceptors (Lipinski definition) is 3. The minimum Gasteiger partial charge on any atom is -0.406 e. The second-order valence-corrected chi connectivity index (χ2v) is 6.66. The molecule has 0 bridgehead atoms. The van der Waals surface area contributed by atoms with Crippen LogP contribution >= 0.6 is 45.2 Å². The number of nitrogens with zero attached hydrogens (tertiary/aromatic N) is 1. The first-order valence-electron chi connectivity index (χ1n) is 5.78. The van der Waals surface area contributed by atoms with Gasteiger partial charge in [-0.25, -0.2) is 13.8 Å². The van der Waals surface area contributed by atoms with Crippen molar-refractivity contribution >= 4 is 62.2 Å². The molecule has 4 nitrogen and oxygen atoms in total. The highest BCUT2D eigenvalue weighted by Gasteiger charge is 2.19. The van der Waals surface area contributed by atoms with Crippen LogP contribution in [0.4, 0.5) is 4.39 Å². The first kappa shape index (κ1) is 14.7. The quantitative estimate of drug-likeness (QED) is 0.472. The number of carbonyl (C=O) groups is 1. The second kappa shape index (κ2) is 5.52. The summed E-state index contributed by atoms with van der Waals surface area (Å²) in [7, 11) is 0. The smallest absolute Gasteiger partial charge is 0.406 e. The van der Waals surface area contributed by atoms with Crippen molar-refractivity contribution in [3.63, 3.8) is 0 Å². The van der Waals surface area contributed by atoms with Gasteiger partial charge in [-0.15, -0.1) is 0 Å². The van der Waals surface area contributed by atoms with Crippen molar-refractivity contribution in [2.45, 2.75) is 0 Å². The van der Waals surface area contributed by atoms with Crippen LogP contribution in [0.15, 0.2) is 45.6 Å². The molecule has 0 aliphatic heterocycles. The summed E-state index contributed by atoms with van der Waals surface area (Å²) in [5.41, 5.74) is 0.997. The van der Waals surface area contributed by atoms with Crippen molar-refractivity contribution in [1.29, 1.82) is 0 Å². The van der Waals surface area contributed by atoms with Crippen LogP contribution in [0, 0.1) is 13.0 Å². The van der Waals surface area contributed by atoms with Gasteiger partial charge in [-0.1, -0.05) is 0 Å². The van der Waals surface area contributed by atoms with Gasteiger partial charge in [0.2, 0.25) is 0 Å². The third-order valence-corrected chi connectivity index (χ3v) is 4.32. The number of oxazole rings is 1. The van der Waals surface area contributed by atoms with E-state index in [0.717, 1.165) is 11.7 Å². The van der Waals surface area contributed by atoms with Crippen LogP contribution in [-0.2, 0) is 0 Å². The highest BCUT2D eigenvalue weighted by molar-refractivity contribution is 14.1. The first-order valence-corrected chi connectivity index (χ1v) is 7.94. The number of carbonyl (C=O) groups excluding carboxylic acids is 1. The Morgan fingerprint density at radius 3 is 2.48 bits per heavy atom. The fraction of sp³-hybridized carbons (Fsp3) is 0. The van der Waals surface area contributed by atoms with Crippen LogP contribution < -0.4 is 5.76 Å². The van der Waals surface area contributed by atoms with Gasteiger partial charge in [0.15, 0.2) is 5.58 Å². The van der Waals surface area contributed by atoms with E-state index in [1.807, 2.05) is 28.7 Å². The fourth-order valence-corrected chi connectivity index (χ4v) is 3.88. The van der Waals surface area contributed by atoms with Crippen molar-refractivity contribution in [3.8, 4) is 0 Å². The van der Waals surface area contributed by atoms with Gasteiger partial charge in [0.1, 0.15) is 11.3 Å². The number of fused-ring (bicyclic) bond motifs is 1. The topological polar surface area (TPSA) is 52.2 Å². The molecule has 3 rings (SSSR count). The van der Waals surface area contributed by atoms with E-state index < -0.39 is 17.5 Å².